The maximum Gasteiger partial charge on any atom is 0.242 e. The normalized spacial score (nSPS) is 25.4. The van der Waals surface area contributed by atoms with Crippen LogP contribution in [0.5, 0.6) is 0 Å². The first-order chi connectivity index (χ1) is 7.17. The summed E-state index contributed by atoms with van der Waals surface area (Å²) < 4.78 is 0. The molecule has 0 aromatic heterocycles. The van der Waals surface area contributed by atoms with E-state index < -0.39 is 5.54 Å². The Morgan fingerprint density at radius 3 is 2.73 bits per heavy atom. The van der Waals surface area contributed by atoms with Gasteiger partial charge >= 0.3 is 0 Å². The molecule has 0 saturated carbocycles. The number of rotatable bonds is 2. The highest BCUT2D eigenvalue weighted by Crippen LogP contribution is 2.32. The number of aryl methyl sites for hydroxylation is 1. The van der Waals surface area contributed by atoms with Crippen LogP contribution in [0.1, 0.15) is 24.0 Å². The monoisotopic (exact) mass is 204 g/mol. The number of carbonyl (C=O) groups excluding carboxylic acids is 1. The van der Waals surface area contributed by atoms with Crippen LogP contribution in [-0.2, 0) is 10.3 Å². The second kappa shape index (κ2) is 3.66. The van der Waals surface area contributed by atoms with E-state index in [4.69, 9.17) is 5.73 Å². The van der Waals surface area contributed by atoms with Crippen LogP contribution in [-0.4, -0.2) is 12.5 Å². The van der Waals surface area contributed by atoms with Crippen LogP contribution < -0.4 is 11.1 Å². The summed E-state index contributed by atoms with van der Waals surface area (Å²) >= 11 is 0. The number of carbonyl (C=O) groups is 1. The van der Waals surface area contributed by atoms with Crippen LogP contribution in [0.3, 0.4) is 0 Å². The zero-order valence-corrected chi connectivity index (χ0v) is 8.92. The van der Waals surface area contributed by atoms with E-state index in [0.29, 0.717) is 0 Å². The predicted molar refractivity (Wildman–Crippen MR) is 59.3 cm³/mol. The lowest BCUT2D eigenvalue weighted by Crippen LogP contribution is -2.49. The predicted octanol–water partition coefficient (Wildman–Crippen LogP) is 1.06. The summed E-state index contributed by atoms with van der Waals surface area (Å²) in [4.78, 5) is 11.6. The number of nitrogens with two attached hydrogens (primary N) is 1. The molecule has 1 aromatic carbocycles. The van der Waals surface area contributed by atoms with E-state index in [1.54, 1.807) is 0 Å². The van der Waals surface area contributed by atoms with Crippen LogP contribution in [0.25, 0.3) is 0 Å². The molecule has 3 nitrogen and oxygen atoms in total. The molecule has 1 atom stereocenters. The lowest BCUT2D eigenvalue weighted by Gasteiger charge is -2.27. The Labute approximate surface area is 89.7 Å². The Morgan fingerprint density at radius 1 is 1.47 bits per heavy atom. The number of amides is 1. The molecule has 2 rings (SSSR count). The summed E-state index contributed by atoms with van der Waals surface area (Å²) in [6.45, 7) is 2.87. The van der Waals surface area contributed by atoms with Gasteiger partial charge in [-0.25, -0.2) is 0 Å². The fourth-order valence-electron chi connectivity index (χ4n) is 2.37. The van der Waals surface area contributed by atoms with Crippen LogP contribution >= 0.6 is 0 Å². The molecule has 1 unspecified atom stereocenters. The summed E-state index contributed by atoms with van der Waals surface area (Å²) in [5.74, 6) is -0.269. The van der Waals surface area contributed by atoms with Crippen molar-refractivity contribution in [1.29, 1.82) is 0 Å². The third kappa shape index (κ3) is 1.53. The second-order valence-corrected chi connectivity index (χ2v) is 4.11. The Hall–Kier alpha value is -1.35. The number of primary amides is 1. The summed E-state index contributed by atoms with van der Waals surface area (Å²) in [5.41, 5.74) is 7.04. The minimum Gasteiger partial charge on any atom is -0.368 e. The lowest BCUT2D eigenvalue weighted by molar-refractivity contribution is -0.124. The van der Waals surface area contributed by atoms with Crippen LogP contribution in [0.4, 0.5) is 0 Å². The first-order valence-corrected chi connectivity index (χ1v) is 5.28. The van der Waals surface area contributed by atoms with E-state index in [0.717, 1.165) is 30.5 Å². The van der Waals surface area contributed by atoms with Crippen LogP contribution in [0.15, 0.2) is 24.3 Å². The SMILES string of the molecule is Cc1ccccc1C1(C(N)=O)CCCN1. The van der Waals surface area contributed by atoms with Crippen molar-refractivity contribution in [1.82, 2.24) is 5.32 Å². The van der Waals surface area contributed by atoms with Gasteiger partial charge in [0.1, 0.15) is 5.54 Å². The highest BCUT2D eigenvalue weighted by molar-refractivity contribution is 5.87. The molecule has 1 aliphatic rings. The standard InChI is InChI=1S/C12H16N2O/c1-9-5-2-3-6-10(9)12(11(13)15)7-4-8-14-12/h2-3,5-6,14H,4,7-8H2,1H3,(H2,13,15). The highest BCUT2D eigenvalue weighted by atomic mass is 16.1. The van der Waals surface area contributed by atoms with Gasteiger partial charge in [0.05, 0.1) is 0 Å². The molecule has 0 bridgehead atoms. The van der Waals surface area contributed by atoms with Crippen molar-refractivity contribution in [2.75, 3.05) is 6.54 Å². The van der Waals surface area contributed by atoms with Gasteiger partial charge in [-0.15, -0.1) is 0 Å². The molecule has 1 amide bonds. The fourth-order valence-corrected chi connectivity index (χ4v) is 2.37. The number of benzene rings is 1. The van der Waals surface area contributed by atoms with Crippen molar-refractivity contribution in [2.24, 2.45) is 5.73 Å². The van der Waals surface area contributed by atoms with Crippen molar-refractivity contribution in [3.8, 4) is 0 Å². The molecule has 1 aromatic rings. The average Bonchev–Trinajstić information content (AvgIpc) is 2.68. The Balaban J connectivity index is 2.50. The van der Waals surface area contributed by atoms with E-state index >= 15 is 0 Å². The molecule has 1 heterocycles. The minimum atomic E-state index is -0.634. The third-order valence-electron chi connectivity index (χ3n) is 3.18. The molecule has 3 heteroatoms. The zero-order valence-electron chi connectivity index (χ0n) is 8.92. The fraction of sp³-hybridized carbons (Fsp3) is 0.417. The second-order valence-electron chi connectivity index (χ2n) is 4.11. The molecule has 3 N–H and O–H groups in total. The van der Waals surface area contributed by atoms with E-state index in [1.807, 2.05) is 31.2 Å². The Morgan fingerprint density at radius 2 is 2.20 bits per heavy atom. The average molecular weight is 204 g/mol. The van der Waals surface area contributed by atoms with E-state index in [2.05, 4.69) is 5.32 Å². The van der Waals surface area contributed by atoms with E-state index in [1.165, 1.54) is 0 Å². The Bertz CT molecular complexity index is 381. The molecular formula is C12H16N2O. The van der Waals surface area contributed by atoms with Gasteiger partial charge in [0, 0.05) is 0 Å². The van der Waals surface area contributed by atoms with Gasteiger partial charge in [-0.2, -0.15) is 0 Å². The summed E-state index contributed by atoms with van der Waals surface area (Å²) in [6, 6.07) is 7.92. The van der Waals surface area contributed by atoms with Crippen molar-refractivity contribution in [2.45, 2.75) is 25.3 Å². The molecule has 1 aliphatic heterocycles. The van der Waals surface area contributed by atoms with Crippen LogP contribution in [0.2, 0.25) is 0 Å². The smallest absolute Gasteiger partial charge is 0.242 e. The molecular weight excluding hydrogens is 188 g/mol. The maximum absolute atomic E-state index is 11.6. The topological polar surface area (TPSA) is 55.1 Å². The number of hydrogen-bond donors (Lipinski definition) is 2. The molecule has 15 heavy (non-hydrogen) atoms. The summed E-state index contributed by atoms with van der Waals surface area (Å²) in [5, 5.41) is 3.25. The first kappa shape index (κ1) is 10.2. The maximum atomic E-state index is 11.6. The van der Waals surface area contributed by atoms with Crippen molar-refractivity contribution < 1.29 is 4.79 Å². The third-order valence-corrected chi connectivity index (χ3v) is 3.18. The molecule has 1 fully saturated rings. The van der Waals surface area contributed by atoms with E-state index in [-0.39, 0.29) is 5.91 Å². The molecule has 0 radical (unpaired) electrons. The van der Waals surface area contributed by atoms with Crippen molar-refractivity contribution >= 4 is 5.91 Å². The van der Waals surface area contributed by atoms with Gasteiger partial charge in [0.25, 0.3) is 0 Å². The van der Waals surface area contributed by atoms with Gasteiger partial charge < -0.3 is 5.73 Å². The van der Waals surface area contributed by atoms with E-state index in [9.17, 15) is 4.79 Å². The van der Waals surface area contributed by atoms with Crippen LogP contribution in [0, 0.1) is 6.92 Å². The summed E-state index contributed by atoms with van der Waals surface area (Å²) in [7, 11) is 0. The molecule has 1 saturated heterocycles. The van der Waals surface area contributed by atoms with Gasteiger partial charge in [0.2, 0.25) is 5.91 Å². The largest absolute Gasteiger partial charge is 0.368 e. The summed E-state index contributed by atoms with van der Waals surface area (Å²) in [6.07, 6.45) is 1.80. The molecule has 0 aliphatic carbocycles. The number of nitrogens with one attached hydrogen (secondary N) is 1. The Kier molecular flexibility index (Phi) is 2.49. The zero-order chi connectivity index (χ0) is 10.9. The van der Waals surface area contributed by atoms with Crippen molar-refractivity contribution in [3.63, 3.8) is 0 Å². The quantitative estimate of drug-likeness (QED) is 0.756. The highest BCUT2D eigenvalue weighted by Gasteiger charge is 2.41. The van der Waals surface area contributed by atoms with Gasteiger partial charge in [0.15, 0.2) is 0 Å². The van der Waals surface area contributed by atoms with Crippen molar-refractivity contribution in [3.05, 3.63) is 35.4 Å². The van der Waals surface area contributed by atoms with Gasteiger partial charge in [-0.05, 0) is 37.4 Å². The van der Waals surface area contributed by atoms with Gasteiger partial charge in [-0.1, -0.05) is 24.3 Å². The number of hydrogen-bond acceptors (Lipinski definition) is 2. The molecule has 0 spiro atoms. The molecule has 80 valence electrons. The van der Waals surface area contributed by atoms with Gasteiger partial charge in [-0.3, -0.25) is 10.1 Å². The lowest BCUT2D eigenvalue weighted by atomic mass is 9.85. The first-order valence-electron chi connectivity index (χ1n) is 5.28. The minimum absolute atomic E-state index is 0.269.